The predicted molar refractivity (Wildman–Crippen MR) is 104 cm³/mol. The maximum Gasteiger partial charge on any atom is 0.329 e. The Bertz CT molecular complexity index is 1170. The number of nitrogens with zero attached hydrogens (tertiary/aromatic N) is 2. The Kier molecular flexibility index (Phi) is 4.42. The molecule has 5 nitrogen and oxygen atoms in total. The zero-order chi connectivity index (χ0) is 19.7. The molecule has 4 rings (SSSR count). The molecule has 138 valence electrons. The minimum absolute atomic E-state index is 0.131. The fourth-order valence-corrected chi connectivity index (χ4v) is 3.29. The number of amides is 3. The molecule has 3 amide bonds. The normalized spacial score (nSPS) is 15.3. The third-order valence-electron chi connectivity index (χ3n) is 4.63. The Balaban J connectivity index is 1.67. The summed E-state index contributed by atoms with van der Waals surface area (Å²) in [6, 6.07) is 13.1. The Morgan fingerprint density at radius 1 is 1.11 bits per heavy atom. The molecule has 2 heterocycles. The first kappa shape index (κ1) is 17.6. The Labute approximate surface area is 161 Å². The summed E-state index contributed by atoms with van der Waals surface area (Å²) >= 11 is 0. The number of nitrogens with one attached hydrogen (secondary N) is 1. The summed E-state index contributed by atoms with van der Waals surface area (Å²) in [5, 5.41) is 3.49. The number of para-hydroxylation sites is 1. The number of carbonyl (C=O) groups is 2. The third-order valence-corrected chi connectivity index (χ3v) is 4.63. The van der Waals surface area contributed by atoms with Crippen molar-refractivity contribution in [2.45, 2.75) is 13.1 Å². The SMILES string of the molecule is C#CCn1cc(C=C2NC(=O)N(Cc3ccccc3F)C2=O)c2ccccc21. The van der Waals surface area contributed by atoms with Crippen LogP contribution < -0.4 is 5.32 Å². The summed E-state index contributed by atoms with van der Waals surface area (Å²) in [4.78, 5) is 26.0. The molecule has 1 aliphatic heterocycles. The Morgan fingerprint density at radius 3 is 2.64 bits per heavy atom. The van der Waals surface area contributed by atoms with E-state index in [2.05, 4.69) is 11.2 Å². The molecular formula is C22H16FN3O2. The smallest absolute Gasteiger partial charge is 0.329 e. The quantitative estimate of drug-likeness (QED) is 0.432. The number of rotatable bonds is 4. The van der Waals surface area contributed by atoms with E-state index in [4.69, 9.17) is 6.42 Å². The minimum Gasteiger partial charge on any atom is -0.335 e. The Morgan fingerprint density at radius 2 is 1.86 bits per heavy atom. The van der Waals surface area contributed by atoms with Gasteiger partial charge in [-0.2, -0.15) is 0 Å². The van der Waals surface area contributed by atoms with Crippen molar-refractivity contribution in [1.82, 2.24) is 14.8 Å². The van der Waals surface area contributed by atoms with Crippen molar-refractivity contribution in [3.05, 3.63) is 77.4 Å². The van der Waals surface area contributed by atoms with Crippen LogP contribution in [-0.2, 0) is 17.9 Å². The zero-order valence-corrected chi connectivity index (χ0v) is 14.9. The van der Waals surface area contributed by atoms with Gasteiger partial charge >= 0.3 is 6.03 Å². The molecule has 0 spiro atoms. The summed E-state index contributed by atoms with van der Waals surface area (Å²) in [7, 11) is 0. The lowest BCUT2D eigenvalue weighted by Gasteiger charge is -2.12. The molecule has 0 saturated carbocycles. The lowest BCUT2D eigenvalue weighted by atomic mass is 10.1. The van der Waals surface area contributed by atoms with Crippen LogP contribution in [0.3, 0.4) is 0 Å². The molecule has 0 radical (unpaired) electrons. The average molecular weight is 373 g/mol. The number of halogens is 1. The van der Waals surface area contributed by atoms with E-state index in [0.29, 0.717) is 6.54 Å². The maximum atomic E-state index is 13.9. The van der Waals surface area contributed by atoms with Gasteiger partial charge in [-0.3, -0.25) is 9.69 Å². The van der Waals surface area contributed by atoms with Crippen molar-refractivity contribution in [1.29, 1.82) is 0 Å². The van der Waals surface area contributed by atoms with Gasteiger partial charge in [-0.05, 0) is 18.2 Å². The lowest BCUT2D eigenvalue weighted by molar-refractivity contribution is -0.123. The zero-order valence-electron chi connectivity index (χ0n) is 14.9. The minimum atomic E-state index is -0.577. The van der Waals surface area contributed by atoms with Crippen LogP contribution in [0.5, 0.6) is 0 Å². The second-order valence-corrected chi connectivity index (χ2v) is 6.40. The molecule has 0 unspecified atom stereocenters. The molecule has 6 heteroatoms. The number of terminal acetylenes is 1. The van der Waals surface area contributed by atoms with Gasteiger partial charge in [-0.25, -0.2) is 9.18 Å². The first-order valence-electron chi connectivity index (χ1n) is 8.68. The van der Waals surface area contributed by atoms with Crippen LogP contribution in [0.1, 0.15) is 11.1 Å². The van der Waals surface area contributed by atoms with Crippen molar-refractivity contribution in [3.8, 4) is 12.3 Å². The molecule has 0 bridgehead atoms. The van der Waals surface area contributed by atoms with Crippen molar-refractivity contribution in [2.24, 2.45) is 0 Å². The van der Waals surface area contributed by atoms with Crippen LogP contribution in [-0.4, -0.2) is 21.4 Å². The number of hydrogen-bond donors (Lipinski definition) is 1. The fraction of sp³-hybridized carbons (Fsp3) is 0.0909. The standard InChI is InChI=1S/C22H16FN3O2/c1-2-11-25-13-16(17-8-4-6-10-20(17)25)12-19-21(27)26(22(28)24-19)14-15-7-3-5-9-18(15)23/h1,3-10,12-13H,11,14H2,(H,24,28). The van der Waals surface area contributed by atoms with Gasteiger partial charge in [0.1, 0.15) is 11.5 Å². The highest BCUT2D eigenvalue weighted by atomic mass is 19.1. The van der Waals surface area contributed by atoms with Gasteiger partial charge in [-0.1, -0.05) is 42.3 Å². The van der Waals surface area contributed by atoms with Gasteiger partial charge in [0, 0.05) is 28.2 Å². The summed E-state index contributed by atoms with van der Waals surface area (Å²) in [6.45, 7) is 0.261. The maximum absolute atomic E-state index is 13.9. The fourth-order valence-electron chi connectivity index (χ4n) is 3.29. The van der Waals surface area contributed by atoms with Gasteiger partial charge in [0.2, 0.25) is 0 Å². The molecule has 1 fully saturated rings. The summed E-state index contributed by atoms with van der Waals surface area (Å²) in [5.41, 5.74) is 2.12. The van der Waals surface area contributed by atoms with E-state index >= 15 is 0 Å². The molecular weight excluding hydrogens is 357 g/mol. The Hall–Kier alpha value is -3.85. The molecule has 1 aliphatic rings. The average Bonchev–Trinajstić information content (AvgIpc) is 3.16. The lowest BCUT2D eigenvalue weighted by Crippen LogP contribution is -2.30. The highest BCUT2D eigenvalue weighted by molar-refractivity contribution is 6.14. The van der Waals surface area contributed by atoms with E-state index in [1.807, 2.05) is 35.0 Å². The predicted octanol–water partition coefficient (Wildman–Crippen LogP) is 3.51. The van der Waals surface area contributed by atoms with Crippen molar-refractivity contribution in [3.63, 3.8) is 0 Å². The van der Waals surface area contributed by atoms with Crippen LogP contribution in [0.15, 0.2) is 60.4 Å². The number of fused-ring (bicyclic) bond motifs is 1. The monoisotopic (exact) mass is 373 g/mol. The topological polar surface area (TPSA) is 54.3 Å². The molecule has 28 heavy (non-hydrogen) atoms. The first-order valence-corrected chi connectivity index (χ1v) is 8.68. The van der Waals surface area contributed by atoms with Crippen molar-refractivity contribution >= 4 is 28.9 Å². The number of carbonyl (C=O) groups excluding carboxylic acids is 2. The second-order valence-electron chi connectivity index (χ2n) is 6.40. The van der Waals surface area contributed by atoms with Gasteiger partial charge in [-0.15, -0.1) is 6.42 Å². The second kappa shape index (κ2) is 7.05. The molecule has 0 aliphatic carbocycles. The van der Waals surface area contributed by atoms with Crippen LogP contribution in [0.2, 0.25) is 0 Å². The van der Waals surface area contributed by atoms with Crippen LogP contribution in [0.4, 0.5) is 9.18 Å². The van der Waals surface area contributed by atoms with Crippen LogP contribution in [0, 0.1) is 18.2 Å². The van der Waals surface area contributed by atoms with E-state index in [1.165, 1.54) is 6.07 Å². The van der Waals surface area contributed by atoms with Gasteiger partial charge in [0.05, 0.1) is 13.1 Å². The largest absolute Gasteiger partial charge is 0.335 e. The molecule has 0 atom stereocenters. The highest BCUT2D eigenvalue weighted by Gasteiger charge is 2.34. The molecule has 2 aromatic carbocycles. The molecule has 1 saturated heterocycles. The van der Waals surface area contributed by atoms with Crippen molar-refractivity contribution < 1.29 is 14.0 Å². The van der Waals surface area contributed by atoms with Crippen molar-refractivity contribution in [2.75, 3.05) is 0 Å². The van der Waals surface area contributed by atoms with E-state index in [9.17, 15) is 14.0 Å². The number of benzene rings is 2. The number of hydrogen-bond acceptors (Lipinski definition) is 2. The summed E-state index contributed by atoms with van der Waals surface area (Å²) < 4.78 is 15.8. The number of imide groups is 1. The molecule has 1 N–H and O–H groups in total. The highest BCUT2D eigenvalue weighted by Crippen LogP contribution is 2.25. The first-order chi connectivity index (χ1) is 13.6. The molecule has 3 aromatic rings. The number of urea groups is 1. The van der Waals surface area contributed by atoms with Crippen LogP contribution in [0.25, 0.3) is 17.0 Å². The van der Waals surface area contributed by atoms with E-state index in [0.717, 1.165) is 21.4 Å². The van der Waals surface area contributed by atoms with Crippen LogP contribution >= 0.6 is 0 Å². The summed E-state index contributed by atoms with van der Waals surface area (Å²) in [6.07, 6.45) is 8.90. The summed E-state index contributed by atoms with van der Waals surface area (Å²) in [5.74, 6) is 1.64. The van der Waals surface area contributed by atoms with Gasteiger partial charge in [0.25, 0.3) is 5.91 Å². The third kappa shape index (κ3) is 3.03. The van der Waals surface area contributed by atoms with Gasteiger partial charge < -0.3 is 9.88 Å². The van der Waals surface area contributed by atoms with E-state index < -0.39 is 17.8 Å². The van der Waals surface area contributed by atoms with E-state index in [1.54, 1.807) is 24.3 Å². The van der Waals surface area contributed by atoms with Gasteiger partial charge in [0.15, 0.2) is 0 Å². The van der Waals surface area contributed by atoms with E-state index in [-0.39, 0.29) is 17.8 Å². The molecule has 1 aromatic heterocycles. The number of aromatic nitrogens is 1.